The molecule has 0 saturated carbocycles. The van der Waals surface area contributed by atoms with Crippen molar-refractivity contribution in [3.63, 3.8) is 0 Å². The second-order valence-corrected chi connectivity index (χ2v) is 5.37. The predicted molar refractivity (Wildman–Crippen MR) is 90.3 cm³/mol. The van der Waals surface area contributed by atoms with Crippen molar-refractivity contribution in [2.45, 2.75) is 0 Å². The Hall–Kier alpha value is -3.20. The number of ether oxygens (including phenoxy) is 1. The number of nitrogens with one attached hydrogen (secondary N) is 1. The molecular weight excluding hydrogens is 348 g/mol. The Morgan fingerprint density at radius 2 is 2.12 bits per heavy atom. The van der Waals surface area contributed by atoms with E-state index in [1.165, 1.54) is 13.2 Å². The highest BCUT2D eigenvalue weighted by atomic mass is 35.5. The van der Waals surface area contributed by atoms with Crippen molar-refractivity contribution >= 4 is 28.9 Å². The lowest BCUT2D eigenvalue weighted by atomic mass is 10.1. The van der Waals surface area contributed by atoms with E-state index in [0.29, 0.717) is 22.8 Å². The van der Waals surface area contributed by atoms with E-state index in [2.05, 4.69) is 25.6 Å². The van der Waals surface area contributed by atoms with Crippen LogP contribution in [0, 0.1) is 0 Å². The molecule has 0 bridgehead atoms. The molecule has 9 nitrogen and oxygen atoms in total. The maximum atomic E-state index is 11.3. The van der Waals surface area contributed by atoms with Crippen LogP contribution in [0.15, 0.2) is 30.6 Å². The summed E-state index contributed by atoms with van der Waals surface area (Å²) >= 11 is 5.83. The van der Waals surface area contributed by atoms with E-state index in [-0.39, 0.29) is 16.5 Å². The number of aromatic nitrogens is 5. The Bertz CT molecular complexity index is 943. The number of carboxylic acid groups (broad SMARTS) is 1. The molecule has 0 aliphatic rings. The van der Waals surface area contributed by atoms with Gasteiger partial charge in [-0.15, -0.1) is 10.2 Å². The third-order valence-electron chi connectivity index (χ3n) is 3.30. The fraction of sp³-hybridized carbons (Fsp3) is 0.133. The lowest BCUT2D eigenvalue weighted by Crippen LogP contribution is -2.08. The van der Waals surface area contributed by atoms with E-state index in [1.807, 2.05) is 0 Å². The summed E-state index contributed by atoms with van der Waals surface area (Å²) in [6, 6.07) is 6.68. The minimum Gasteiger partial charge on any atom is -0.494 e. The number of nitrogens with zero attached hydrogens (tertiary/aromatic N) is 5. The minimum absolute atomic E-state index is 0.0639. The zero-order valence-corrected chi connectivity index (χ0v) is 14.0. The first-order chi connectivity index (χ1) is 12.0. The summed E-state index contributed by atoms with van der Waals surface area (Å²) in [4.78, 5) is 15.5. The van der Waals surface area contributed by atoms with Gasteiger partial charge in [0.2, 0.25) is 0 Å². The molecule has 0 radical (unpaired) electrons. The van der Waals surface area contributed by atoms with Gasteiger partial charge in [0.1, 0.15) is 6.33 Å². The van der Waals surface area contributed by atoms with Crippen LogP contribution in [0.5, 0.6) is 5.75 Å². The highest BCUT2D eigenvalue weighted by Gasteiger charge is 2.18. The van der Waals surface area contributed by atoms with E-state index < -0.39 is 5.97 Å². The Kier molecular flexibility index (Phi) is 4.48. The molecule has 0 spiro atoms. The fourth-order valence-electron chi connectivity index (χ4n) is 2.26. The molecule has 0 atom stereocenters. The third-order valence-corrected chi connectivity index (χ3v) is 3.48. The van der Waals surface area contributed by atoms with Crippen molar-refractivity contribution in [3.05, 3.63) is 41.4 Å². The standard InChI is InChI=1S/C15H13ClN6O3/c1-22-7-17-14(21-22)8-4-3-5-9(13(8)25-2)18-10-6-11(16)19-20-12(10)15(23)24/h3-7H,1-2H3,(H,18,19)(H,23,24). The fourth-order valence-corrected chi connectivity index (χ4v) is 2.41. The van der Waals surface area contributed by atoms with Crippen LogP contribution in [0.25, 0.3) is 11.4 Å². The number of para-hydroxylation sites is 1. The molecule has 2 N–H and O–H groups in total. The number of methoxy groups -OCH3 is 1. The summed E-state index contributed by atoms with van der Waals surface area (Å²) in [7, 11) is 3.26. The summed E-state index contributed by atoms with van der Waals surface area (Å²) < 4.78 is 7.05. The minimum atomic E-state index is -1.23. The molecule has 2 heterocycles. The van der Waals surface area contributed by atoms with Crippen LogP contribution in [0.2, 0.25) is 5.15 Å². The normalized spacial score (nSPS) is 10.5. The number of aryl methyl sites for hydroxylation is 1. The zero-order chi connectivity index (χ0) is 18.0. The molecule has 0 unspecified atom stereocenters. The van der Waals surface area contributed by atoms with Crippen molar-refractivity contribution in [2.75, 3.05) is 12.4 Å². The maximum Gasteiger partial charge on any atom is 0.358 e. The van der Waals surface area contributed by atoms with Gasteiger partial charge in [-0.2, -0.15) is 5.10 Å². The number of carbonyl (C=O) groups is 1. The van der Waals surface area contributed by atoms with Gasteiger partial charge < -0.3 is 15.2 Å². The van der Waals surface area contributed by atoms with Gasteiger partial charge in [0.25, 0.3) is 0 Å². The topological polar surface area (TPSA) is 115 Å². The molecule has 3 rings (SSSR count). The van der Waals surface area contributed by atoms with E-state index in [1.54, 1.807) is 36.3 Å². The first-order valence-electron chi connectivity index (χ1n) is 7.06. The summed E-state index contributed by atoms with van der Waals surface area (Å²) in [6.45, 7) is 0. The van der Waals surface area contributed by atoms with Crippen LogP contribution in [0.4, 0.5) is 11.4 Å². The number of hydrogen-bond acceptors (Lipinski definition) is 7. The summed E-state index contributed by atoms with van der Waals surface area (Å²) in [5.74, 6) is -0.293. The molecule has 0 aliphatic heterocycles. The van der Waals surface area contributed by atoms with Gasteiger partial charge in [0, 0.05) is 13.1 Å². The molecule has 10 heteroatoms. The van der Waals surface area contributed by atoms with Gasteiger partial charge in [-0.05, 0) is 12.1 Å². The molecule has 2 aromatic heterocycles. The Morgan fingerprint density at radius 1 is 1.32 bits per heavy atom. The SMILES string of the molecule is COc1c(Nc2cc(Cl)nnc2C(=O)O)cccc1-c1ncn(C)n1. The van der Waals surface area contributed by atoms with Crippen molar-refractivity contribution in [2.24, 2.45) is 7.05 Å². The first-order valence-corrected chi connectivity index (χ1v) is 7.44. The van der Waals surface area contributed by atoms with Gasteiger partial charge in [0.05, 0.1) is 24.0 Å². The monoisotopic (exact) mass is 360 g/mol. The van der Waals surface area contributed by atoms with Crippen molar-refractivity contribution < 1.29 is 14.6 Å². The number of anilines is 2. The molecule has 128 valence electrons. The molecule has 0 saturated heterocycles. The number of hydrogen-bond donors (Lipinski definition) is 2. The zero-order valence-electron chi connectivity index (χ0n) is 13.3. The quantitative estimate of drug-likeness (QED) is 0.712. The molecular formula is C15H13ClN6O3. The second-order valence-electron chi connectivity index (χ2n) is 4.99. The number of benzene rings is 1. The molecule has 25 heavy (non-hydrogen) atoms. The summed E-state index contributed by atoms with van der Waals surface area (Å²) in [6.07, 6.45) is 1.57. The van der Waals surface area contributed by atoms with Crippen molar-refractivity contribution in [3.8, 4) is 17.1 Å². The summed E-state index contributed by atoms with van der Waals surface area (Å²) in [5, 5.41) is 23.7. The second kappa shape index (κ2) is 6.73. The average Bonchev–Trinajstić information content (AvgIpc) is 3.00. The maximum absolute atomic E-state index is 11.3. The highest BCUT2D eigenvalue weighted by Crippen LogP contribution is 2.36. The molecule has 0 fully saturated rings. The smallest absolute Gasteiger partial charge is 0.358 e. The molecule has 0 amide bonds. The van der Waals surface area contributed by atoms with Gasteiger partial charge in [-0.3, -0.25) is 4.68 Å². The Labute approximate surface area is 147 Å². The first kappa shape index (κ1) is 16.7. The van der Waals surface area contributed by atoms with Crippen LogP contribution < -0.4 is 10.1 Å². The van der Waals surface area contributed by atoms with E-state index >= 15 is 0 Å². The number of halogens is 1. The van der Waals surface area contributed by atoms with Crippen LogP contribution in [-0.4, -0.2) is 43.1 Å². The van der Waals surface area contributed by atoms with Gasteiger partial charge in [-0.1, -0.05) is 17.7 Å². The number of aromatic carboxylic acids is 1. The molecule has 3 aromatic rings. The predicted octanol–water partition coefficient (Wildman–Crippen LogP) is 2.38. The highest BCUT2D eigenvalue weighted by molar-refractivity contribution is 6.29. The van der Waals surface area contributed by atoms with Gasteiger partial charge >= 0.3 is 5.97 Å². The van der Waals surface area contributed by atoms with Crippen LogP contribution in [-0.2, 0) is 7.05 Å². The molecule has 1 aromatic carbocycles. The van der Waals surface area contributed by atoms with Crippen LogP contribution in [0.1, 0.15) is 10.5 Å². The van der Waals surface area contributed by atoms with Crippen molar-refractivity contribution in [1.29, 1.82) is 0 Å². The lowest BCUT2D eigenvalue weighted by molar-refractivity contribution is 0.0690. The third kappa shape index (κ3) is 3.36. The van der Waals surface area contributed by atoms with Gasteiger partial charge in [-0.25, -0.2) is 9.78 Å². The molecule has 0 aliphatic carbocycles. The van der Waals surface area contributed by atoms with E-state index in [4.69, 9.17) is 16.3 Å². The largest absolute Gasteiger partial charge is 0.494 e. The van der Waals surface area contributed by atoms with E-state index in [0.717, 1.165) is 0 Å². The van der Waals surface area contributed by atoms with Crippen LogP contribution >= 0.6 is 11.6 Å². The Balaban J connectivity index is 2.07. The van der Waals surface area contributed by atoms with E-state index in [9.17, 15) is 9.90 Å². The number of rotatable bonds is 5. The lowest BCUT2D eigenvalue weighted by Gasteiger charge is -2.14. The van der Waals surface area contributed by atoms with Gasteiger partial charge in [0.15, 0.2) is 22.4 Å². The van der Waals surface area contributed by atoms with Crippen molar-refractivity contribution in [1.82, 2.24) is 25.0 Å². The summed E-state index contributed by atoms with van der Waals surface area (Å²) in [5.41, 5.74) is 1.10. The van der Waals surface area contributed by atoms with Crippen LogP contribution in [0.3, 0.4) is 0 Å². The average molecular weight is 361 g/mol. The Morgan fingerprint density at radius 3 is 2.76 bits per heavy atom. The number of carboxylic acids is 1.